The van der Waals surface area contributed by atoms with Crippen LogP contribution in [0.3, 0.4) is 0 Å². The van der Waals surface area contributed by atoms with Gasteiger partial charge < -0.3 is 15.5 Å². The van der Waals surface area contributed by atoms with E-state index in [1.807, 2.05) is 72.8 Å². The van der Waals surface area contributed by atoms with Crippen molar-refractivity contribution in [1.29, 1.82) is 0 Å². The Labute approximate surface area is 251 Å². The molecular weight excluding hydrogens is 528 g/mol. The number of anilines is 2. The van der Waals surface area contributed by atoms with Crippen LogP contribution in [-0.2, 0) is 0 Å². The average Bonchev–Trinajstić information content (AvgIpc) is 3.19. The van der Waals surface area contributed by atoms with Crippen molar-refractivity contribution >= 4 is 28.5 Å². The number of hydrazone groups is 1. The average molecular weight is 559 g/mol. The van der Waals surface area contributed by atoms with Gasteiger partial charge in [0, 0.05) is 39.7 Å². The summed E-state index contributed by atoms with van der Waals surface area (Å²) in [6.45, 7) is 4.59. The first kappa shape index (κ1) is 26.2. The van der Waals surface area contributed by atoms with Gasteiger partial charge in [0.1, 0.15) is 11.5 Å². The highest BCUT2D eigenvalue weighted by Crippen LogP contribution is 2.48. The van der Waals surface area contributed by atoms with Crippen molar-refractivity contribution in [2.45, 2.75) is 12.8 Å². The van der Waals surface area contributed by atoms with E-state index in [-0.39, 0.29) is 0 Å². The van der Waals surface area contributed by atoms with Gasteiger partial charge in [0.2, 0.25) is 0 Å². The summed E-state index contributed by atoms with van der Waals surface area (Å²) < 4.78 is 6.66. The largest absolute Gasteiger partial charge is 0.456 e. The molecule has 0 fully saturated rings. The first-order valence-corrected chi connectivity index (χ1v) is 14.4. The smallest absolute Gasteiger partial charge is 0.175 e. The van der Waals surface area contributed by atoms with Crippen molar-refractivity contribution < 1.29 is 4.74 Å². The summed E-state index contributed by atoms with van der Waals surface area (Å²) in [5.41, 5.74) is 9.41. The molecule has 4 aromatic carbocycles. The van der Waals surface area contributed by atoms with Gasteiger partial charge in [0.15, 0.2) is 5.84 Å². The zero-order chi connectivity index (χ0) is 29.2. The van der Waals surface area contributed by atoms with Crippen LogP contribution in [0.15, 0.2) is 167 Å². The molecule has 43 heavy (non-hydrogen) atoms. The number of benzene rings is 4. The maximum absolute atomic E-state index is 6.66. The van der Waals surface area contributed by atoms with Gasteiger partial charge in [0.05, 0.1) is 11.4 Å². The molecule has 3 aliphatic rings. The second kappa shape index (κ2) is 11.3. The molecule has 0 unspecified atom stereocenters. The van der Waals surface area contributed by atoms with E-state index in [0.717, 1.165) is 74.7 Å². The highest BCUT2D eigenvalue weighted by molar-refractivity contribution is 6.21. The number of ether oxygens (including phenoxy) is 1. The number of allylic oxidation sites excluding steroid dienone is 6. The lowest BCUT2D eigenvalue weighted by atomic mass is 9.90. The van der Waals surface area contributed by atoms with Crippen LogP contribution < -0.4 is 15.5 Å². The van der Waals surface area contributed by atoms with Gasteiger partial charge in [-0.2, -0.15) is 5.10 Å². The third-order valence-electron chi connectivity index (χ3n) is 7.85. The van der Waals surface area contributed by atoms with Crippen LogP contribution in [0.25, 0.3) is 16.7 Å². The van der Waals surface area contributed by atoms with Crippen LogP contribution >= 0.6 is 0 Å². The van der Waals surface area contributed by atoms with Crippen LogP contribution in [0.5, 0.6) is 5.75 Å². The molecule has 0 spiro atoms. The summed E-state index contributed by atoms with van der Waals surface area (Å²) in [5.74, 6) is 7.93. The molecule has 4 aromatic rings. The number of para-hydroxylation sites is 2. The number of nitrogens with two attached hydrogens (primary N) is 1. The van der Waals surface area contributed by atoms with Gasteiger partial charge in [-0.3, -0.25) is 0 Å². The summed E-state index contributed by atoms with van der Waals surface area (Å²) in [7, 11) is 0. The topological polar surface area (TPSA) is 63.2 Å². The number of hydrogen-bond donors (Lipinski definition) is 1. The standard InChI is InChI=1S/C38H30N4O/c1-26-35-24-29(37(27-14-5-2-6-15-27)40-38(41-39)28-16-7-3-8-17-28)25-42(30-18-9-4-10-19-30)33-22-13-21-32(36(26)33)31-20-11-12-23-34(31)43-35/h2-7,9-16,18-25H,1,8,17,39H2/b29-25+,35-24+,40-37-,41-38-. The van der Waals surface area contributed by atoms with Crippen molar-refractivity contribution in [3.8, 4) is 16.9 Å². The highest BCUT2D eigenvalue weighted by atomic mass is 16.5. The minimum atomic E-state index is 0.504. The Morgan fingerprint density at radius 1 is 0.837 bits per heavy atom. The molecule has 5 heteroatoms. The molecule has 0 atom stereocenters. The molecule has 0 aromatic heterocycles. The Hall–Kier alpha value is -5.68. The molecule has 0 radical (unpaired) electrons. The van der Waals surface area contributed by atoms with Gasteiger partial charge in [-0.05, 0) is 54.3 Å². The quantitative estimate of drug-likeness (QED) is 0.118. The zero-order valence-corrected chi connectivity index (χ0v) is 23.7. The molecule has 2 bridgehead atoms. The molecule has 0 amide bonds. The van der Waals surface area contributed by atoms with Gasteiger partial charge in [-0.25, -0.2) is 4.99 Å². The van der Waals surface area contributed by atoms with Gasteiger partial charge in [0.25, 0.3) is 0 Å². The second-order valence-corrected chi connectivity index (χ2v) is 10.5. The van der Waals surface area contributed by atoms with Gasteiger partial charge >= 0.3 is 0 Å². The third-order valence-corrected chi connectivity index (χ3v) is 7.85. The fraction of sp³-hybridized carbons (Fsp3) is 0.0526. The number of hydrogen-bond acceptors (Lipinski definition) is 4. The lowest BCUT2D eigenvalue weighted by molar-refractivity contribution is 0.453. The maximum Gasteiger partial charge on any atom is 0.175 e. The van der Waals surface area contributed by atoms with E-state index in [9.17, 15) is 0 Å². The number of amidine groups is 1. The Morgan fingerprint density at radius 3 is 2.35 bits per heavy atom. The lowest BCUT2D eigenvalue weighted by Gasteiger charge is -2.28. The molecule has 1 aliphatic carbocycles. The Balaban J connectivity index is 1.53. The molecule has 208 valence electrons. The predicted octanol–water partition coefficient (Wildman–Crippen LogP) is 8.72. The first-order valence-electron chi connectivity index (χ1n) is 14.4. The third kappa shape index (κ3) is 4.91. The predicted molar refractivity (Wildman–Crippen MR) is 177 cm³/mol. The van der Waals surface area contributed by atoms with Crippen LogP contribution in [0, 0.1) is 0 Å². The summed E-state index contributed by atoms with van der Waals surface area (Å²) in [6, 6.07) is 35.0. The first-order chi connectivity index (χ1) is 21.2. The van der Waals surface area contributed by atoms with E-state index in [1.165, 1.54) is 0 Å². The van der Waals surface area contributed by atoms with E-state index in [1.54, 1.807) is 0 Å². The lowest BCUT2D eigenvalue weighted by Crippen LogP contribution is -2.19. The Kier molecular flexibility index (Phi) is 6.89. The van der Waals surface area contributed by atoms with Crippen molar-refractivity contribution in [2.75, 3.05) is 4.90 Å². The number of nitrogens with zero attached hydrogens (tertiary/aromatic N) is 3. The van der Waals surface area contributed by atoms with Crippen molar-refractivity contribution in [3.63, 3.8) is 0 Å². The van der Waals surface area contributed by atoms with Crippen molar-refractivity contribution in [3.05, 3.63) is 168 Å². The molecule has 7 rings (SSSR count). The Morgan fingerprint density at radius 2 is 1.58 bits per heavy atom. The van der Waals surface area contributed by atoms with Crippen molar-refractivity contribution in [1.82, 2.24) is 0 Å². The molecule has 2 aliphatic heterocycles. The van der Waals surface area contributed by atoms with Gasteiger partial charge in [-0.1, -0.05) is 104 Å². The number of rotatable bonds is 4. The fourth-order valence-corrected chi connectivity index (χ4v) is 5.77. The summed E-state index contributed by atoms with van der Waals surface area (Å²) in [4.78, 5) is 7.37. The van der Waals surface area contributed by atoms with Gasteiger partial charge in [-0.15, -0.1) is 0 Å². The molecule has 2 heterocycles. The minimum absolute atomic E-state index is 0.504. The summed E-state index contributed by atoms with van der Waals surface area (Å²) in [5, 5.41) is 4.15. The molecule has 0 saturated heterocycles. The zero-order valence-electron chi connectivity index (χ0n) is 23.7. The maximum atomic E-state index is 6.66. The normalized spacial score (nSPS) is 18.6. The van der Waals surface area contributed by atoms with Crippen LogP contribution in [0.2, 0.25) is 0 Å². The summed E-state index contributed by atoms with van der Waals surface area (Å²) in [6.07, 6.45) is 12.1. The molecule has 5 nitrogen and oxygen atoms in total. The van der Waals surface area contributed by atoms with Crippen LogP contribution in [-0.4, -0.2) is 11.5 Å². The monoisotopic (exact) mass is 558 g/mol. The Bertz CT molecular complexity index is 1910. The molecule has 0 saturated carbocycles. The van der Waals surface area contributed by atoms with E-state index >= 15 is 0 Å². The highest BCUT2D eigenvalue weighted by Gasteiger charge is 2.29. The van der Waals surface area contributed by atoms with Crippen LogP contribution in [0.4, 0.5) is 11.4 Å². The summed E-state index contributed by atoms with van der Waals surface area (Å²) >= 11 is 0. The van der Waals surface area contributed by atoms with Crippen LogP contribution in [0.1, 0.15) is 24.0 Å². The van der Waals surface area contributed by atoms with E-state index in [0.29, 0.717) is 11.6 Å². The van der Waals surface area contributed by atoms with E-state index in [2.05, 4.69) is 77.4 Å². The number of fused-ring (bicyclic) bond motifs is 3. The fourth-order valence-electron chi connectivity index (χ4n) is 5.77. The molecular formula is C38H30N4O. The van der Waals surface area contributed by atoms with E-state index < -0.39 is 0 Å². The second-order valence-electron chi connectivity index (χ2n) is 10.5. The minimum Gasteiger partial charge on any atom is -0.456 e. The number of aliphatic imine (C=N–C) groups is 1. The van der Waals surface area contributed by atoms with E-state index in [4.69, 9.17) is 15.6 Å². The molecule has 2 N–H and O–H groups in total. The SMILES string of the molecule is C=C1\C2=C/C(C(=N\C(=N/N)C3=CC=CCC3)/c3ccccc3)=C\N(c3ccccc3)c3cccc(c31)-c1ccccc1O2. The van der Waals surface area contributed by atoms with Crippen molar-refractivity contribution in [2.24, 2.45) is 15.9 Å².